The van der Waals surface area contributed by atoms with Crippen LogP contribution in [0.1, 0.15) is 11.1 Å². The van der Waals surface area contributed by atoms with Gasteiger partial charge in [-0.05, 0) is 30.5 Å². The molecule has 5 nitrogen and oxygen atoms in total. The molecule has 0 saturated heterocycles. The fourth-order valence-electron chi connectivity index (χ4n) is 2.93. The number of hydrogen-bond acceptors (Lipinski definition) is 3. The third-order valence-corrected chi connectivity index (χ3v) is 4.10. The van der Waals surface area contributed by atoms with E-state index < -0.39 is 0 Å². The zero-order chi connectivity index (χ0) is 16.0. The molecule has 24 heavy (non-hydrogen) atoms. The number of rotatable bonds is 2. The second-order valence-corrected chi connectivity index (χ2v) is 5.71. The Bertz CT molecular complexity index is 995. The van der Waals surface area contributed by atoms with E-state index in [9.17, 15) is 0 Å². The number of imidazole rings is 1. The van der Waals surface area contributed by atoms with E-state index in [0.717, 1.165) is 28.1 Å². The molecule has 0 aliphatic carbocycles. The van der Waals surface area contributed by atoms with Crippen LogP contribution in [0.2, 0.25) is 0 Å². The molecule has 0 bridgehead atoms. The zero-order valence-corrected chi connectivity index (χ0v) is 16.0. The monoisotopic (exact) mass is 495 g/mol. The van der Waals surface area contributed by atoms with Gasteiger partial charge in [-0.2, -0.15) is 5.10 Å². The molecule has 0 saturated carbocycles. The van der Waals surface area contributed by atoms with Crippen LogP contribution in [0.5, 0.6) is 0 Å². The molecule has 4 rings (SSSR count). The van der Waals surface area contributed by atoms with Crippen molar-refractivity contribution in [3.8, 4) is 17.1 Å². The van der Waals surface area contributed by atoms with Gasteiger partial charge in [0.25, 0.3) is 0 Å². The van der Waals surface area contributed by atoms with Gasteiger partial charge in [0.05, 0.1) is 17.8 Å². The number of hydrogen-bond donors (Lipinski definition) is 0. The van der Waals surface area contributed by atoms with Gasteiger partial charge < -0.3 is 4.57 Å². The van der Waals surface area contributed by atoms with Crippen molar-refractivity contribution in [3.05, 3.63) is 60.2 Å². The summed E-state index contributed by atoms with van der Waals surface area (Å²) in [6.45, 7) is 4.17. The van der Waals surface area contributed by atoms with Gasteiger partial charge in [0, 0.05) is 32.7 Å². The predicted octanol–water partition coefficient (Wildman–Crippen LogP) is 3.24. The van der Waals surface area contributed by atoms with Crippen LogP contribution in [0.25, 0.3) is 28.1 Å². The third kappa shape index (κ3) is 2.58. The van der Waals surface area contributed by atoms with Gasteiger partial charge in [-0.1, -0.05) is 18.2 Å². The van der Waals surface area contributed by atoms with Crippen LogP contribution in [-0.2, 0) is 27.2 Å². The number of aromatic nitrogens is 5. The summed E-state index contributed by atoms with van der Waals surface area (Å²) in [4.78, 5) is 8.80. The summed E-state index contributed by atoms with van der Waals surface area (Å²) in [5.41, 5.74) is 6.28. The van der Waals surface area contributed by atoms with Gasteiger partial charge in [-0.3, -0.25) is 14.6 Å². The Morgan fingerprint density at radius 3 is 2.58 bits per heavy atom. The second-order valence-electron chi connectivity index (χ2n) is 5.71. The largest absolute Gasteiger partial charge is 0.352 e. The molecule has 0 unspecified atom stereocenters. The molecule has 6 heteroatoms. The maximum Gasteiger partial charge on any atom is 0.127 e. The summed E-state index contributed by atoms with van der Waals surface area (Å²) < 4.78 is 3.88. The van der Waals surface area contributed by atoms with E-state index in [0.29, 0.717) is 0 Å². The maximum absolute atomic E-state index is 4.46. The normalized spacial score (nSPS) is 10.8. The first kappa shape index (κ1) is 16.6. The molecule has 4 aromatic rings. The second kappa shape index (κ2) is 6.30. The van der Waals surface area contributed by atoms with E-state index in [2.05, 4.69) is 59.2 Å². The summed E-state index contributed by atoms with van der Waals surface area (Å²) in [6.07, 6.45) is 3.39. The summed E-state index contributed by atoms with van der Waals surface area (Å²) >= 11 is 0. The Hall–Kier alpha value is -2.30. The molecule has 0 N–H and O–H groups in total. The molecule has 0 fully saturated rings. The molecule has 2 aromatic carbocycles. The van der Waals surface area contributed by atoms with Gasteiger partial charge in [-0.25, -0.2) is 0 Å². The Kier molecular flexibility index (Phi) is 4.35. The summed E-state index contributed by atoms with van der Waals surface area (Å²) in [7, 11) is 1.98. The number of nitrogens with zero attached hydrogens (tertiary/aromatic N) is 5. The van der Waals surface area contributed by atoms with Crippen molar-refractivity contribution in [2.75, 3.05) is 0 Å². The Labute approximate surface area is 153 Å². The van der Waals surface area contributed by atoms with Crippen LogP contribution < -0.4 is 0 Å². The van der Waals surface area contributed by atoms with Crippen molar-refractivity contribution >= 4 is 11.0 Å². The molecule has 0 spiro atoms. The van der Waals surface area contributed by atoms with E-state index >= 15 is 0 Å². The molecule has 123 valence electrons. The van der Waals surface area contributed by atoms with E-state index in [1.807, 2.05) is 22.4 Å². The summed E-state index contributed by atoms with van der Waals surface area (Å²) in [5, 5.41) is 4.44. The van der Waals surface area contributed by atoms with Crippen molar-refractivity contribution in [2.45, 2.75) is 13.8 Å². The number of para-hydroxylation sites is 1. The van der Waals surface area contributed by atoms with E-state index in [1.54, 1.807) is 12.7 Å². The van der Waals surface area contributed by atoms with Crippen LogP contribution in [0.4, 0.5) is 0 Å². The molecular weight excluding hydrogens is 478 g/mol. The molecule has 0 atom stereocenters. The van der Waals surface area contributed by atoms with Crippen LogP contribution in [-0.4, -0.2) is 24.3 Å². The average Bonchev–Trinajstić information content (AvgIpc) is 3.15. The van der Waals surface area contributed by atoms with Gasteiger partial charge >= 0.3 is 0 Å². The van der Waals surface area contributed by atoms with Crippen LogP contribution in [0.15, 0.2) is 43.0 Å². The minimum absolute atomic E-state index is 0. The zero-order valence-electron chi connectivity index (χ0n) is 13.6. The minimum atomic E-state index is 0. The Balaban J connectivity index is 0.00000169. The number of fused-ring (bicyclic) bond motifs is 1. The maximum atomic E-state index is 4.46. The van der Waals surface area contributed by atoms with E-state index in [1.165, 1.54) is 11.1 Å². The molecule has 1 radical (unpaired) electrons. The van der Waals surface area contributed by atoms with Crippen LogP contribution in [0.3, 0.4) is 0 Å². The summed E-state index contributed by atoms with van der Waals surface area (Å²) in [5.74, 6) is 0.783. The van der Waals surface area contributed by atoms with Gasteiger partial charge in [-0.15, -0.1) is 23.8 Å². The van der Waals surface area contributed by atoms with Gasteiger partial charge in [0.1, 0.15) is 6.33 Å². The quantitative estimate of drug-likeness (QED) is 0.402. The van der Waals surface area contributed by atoms with Crippen molar-refractivity contribution in [1.29, 1.82) is 0 Å². The predicted molar refractivity (Wildman–Crippen MR) is 89.4 cm³/mol. The van der Waals surface area contributed by atoms with Gasteiger partial charge in [0.15, 0.2) is 0 Å². The smallest absolute Gasteiger partial charge is 0.127 e. The molecular formula is C18H16IrN5-. The number of benzene rings is 2. The first-order valence-corrected chi connectivity index (χ1v) is 7.45. The number of aryl methyl sites for hydroxylation is 3. The van der Waals surface area contributed by atoms with E-state index in [-0.39, 0.29) is 20.1 Å². The van der Waals surface area contributed by atoms with Gasteiger partial charge in [0.2, 0.25) is 0 Å². The fraction of sp³-hybridized carbons (Fsp3) is 0.167. The summed E-state index contributed by atoms with van der Waals surface area (Å²) in [6, 6.07) is 13.5. The van der Waals surface area contributed by atoms with Crippen LogP contribution >= 0.6 is 0 Å². The van der Waals surface area contributed by atoms with Crippen molar-refractivity contribution in [1.82, 2.24) is 24.3 Å². The van der Waals surface area contributed by atoms with Crippen molar-refractivity contribution < 1.29 is 20.1 Å². The average molecular weight is 495 g/mol. The molecule has 2 heterocycles. The molecule has 0 aliphatic heterocycles. The van der Waals surface area contributed by atoms with Crippen LogP contribution in [0, 0.1) is 19.9 Å². The molecule has 0 aliphatic rings. The Morgan fingerprint density at radius 1 is 1.08 bits per heavy atom. The molecule has 2 aromatic heterocycles. The Morgan fingerprint density at radius 2 is 1.83 bits per heavy atom. The standard InChI is InChI=1S/C18H16N5.Ir/c1-12-5-4-6-13(2)17(12)23-18(19-10-21-23)14-7-8-15-16(9-14)22(3)11-20-15;/h4-6,8-11H,1-3H3;/q-1;. The topological polar surface area (TPSA) is 48.5 Å². The first-order valence-electron chi connectivity index (χ1n) is 7.45. The van der Waals surface area contributed by atoms with Crippen molar-refractivity contribution in [2.24, 2.45) is 7.05 Å². The third-order valence-electron chi connectivity index (χ3n) is 4.10. The first-order chi connectivity index (χ1) is 11.1. The molecule has 0 amide bonds. The van der Waals surface area contributed by atoms with Crippen molar-refractivity contribution in [3.63, 3.8) is 0 Å². The SMILES string of the molecule is Cc1cccc(C)c1-n1ncnc1-c1[c-]cc2ncn(C)c2c1.[Ir]. The van der Waals surface area contributed by atoms with E-state index in [4.69, 9.17) is 0 Å². The fourth-order valence-corrected chi connectivity index (χ4v) is 2.93. The minimum Gasteiger partial charge on any atom is -0.352 e.